The van der Waals surface area contributed by atoms with Gasteiger partial charge in [0.1, 0.15) is 18.7 Å². The van der Waals surface area contributed by atoms with E-state index in [-0.39, 0.29) is 18.9 Å². The molecule has 0 aliphatic heterocycles. The molecule has 3 N–H and O–H groups in total. The molecule has 180 valence electrons. The van der Waals surface area contributed by atoms with Crippen molar-refractivity contribution in [1.29, 1.82) is 0 Å². The van der Waals surface area contributed by atoms with Crippen LogP contribution in [-0.4, -0.2) is 42.1 Å². The van der Waals surface area contributed by atoms with E-state index in [1.54, 1.807) is 0 Å². The molecule has 3 rings (SSSR count). The van der Waals surface area contributed by atoms with Crippen LogP contribution in [0.15, 0.2) is 60.8 Å². The van der Waals surface area contributed by atoms with Crippen LogP contribution in [0.3, 0.4) is 0 Å². The zero-order chi connectivity index (χ0) is 24.5. The van der Waals surface area contributed by atoms with Gasteiger partial charge in [-0.1, -0.05) is 68.8 Å². The summed E-state index contributed by atoms with van der Waals surface area (Å²) < 4.78 is 10.2. The molecule has 0 spiro atoms. The number of methoxy groups -OCH3 is 1. The smallest absolute Gasteiger partial charge is 0.408 e. The van der Waals surface area contributed by atoms with Crippen LogP contribution in [-0.2, 0) is 32.1 Å². The Morgan fingerprint density at radius 3 is 2.41 bits per heavy atom. The molecule has 1 heterocycles. The van der Waals surface area contributed by atoms with Crippen LogP contribution in [0.5, 0.6) is 0 Å². The van der Waals surface area contributed by atoms with Crippen LogP contribution in [0.1, 0.15) is 31.4 Å². The lowest BCUT2D eigenvalue weighted by molar-refractivity contribution is -0.145. The lowest BCUT2D eigenvalue weighted by atomic mass is 9.97. The van der Waals surface area contributed by atoms with Crippen LogP contribution in [0, 0.1) is 5.92 Å². The van der Waals surface area contributed by atoms with E-state index in [4.69, 9.17) is 9.47 Å². The minimum atomic E-state index is -0.912. The van der Waals surface area contributed by atoms with Gasteiger partial charge in [-0.15, -0.1) is 0 Å². The number of ether oxygens (including phenoxy) is 2. The van der Waals surface area contributed by atoms with E-state index in [9.17, 15) is 14.4 Å². The van der Waals surface area contributed by atoms with Gasteiger partial charge < -0.3 is 25.1 Å². The van der Waals surface area contributed by atoms with Crippen molar-refractivity contribution in [3.05, 3.63) is 71.9 Å². The highest BCUT2D eigenvalue weighted by Gasteiger charge is 2.31. The summed E-state index contributed by atoms with van der Waals surface area (Å²) in [4.78, 5) is 41.3. The molecule has 0 aliphatic carbocycles. The first kappa shape index (κ1) is 24.8. The normalized spacial score (nSPS) is 13.5. The monoisotopic (exact) mass is 465 g/mol. The molecular weight excluding hydrogens is 434 g/mol. The molecule has 0 aliphatic rings. The van der Waals surface area contributed by atoms with Gasteiger partial charge in [-0.05, 0) is 23.1 Å². The zero-order valence-corrected chi connectivity index (χ0v) is 19.7. The molecule has 3 atom stereocenters. The van der Waals surface area contributed by atoms with E-state index in [0.717, 1.165) is 22.0 Å². The minimum absolute atomic E-state index is 0.0901. The molecule has 8 heteroatoms. The molecule has 8 nitrogen and oxygen atoms in total. The molecular formula is C26H31N3O5. The van der Waals surface area contributed by atoms with Crippen LogP contribution in [0.25, 0.3) is 10.9 Å². The Morgan fingerprint density at radius 2 is 1.71 bits per heavy atom. The Kier molecular flexibility index (Phi) is 8.67. The third kappa shape index (κ3) is 6.37. The first-order chi connectivity index (χ1) is 16.4. The maximum absolute atomic E-state index is 13.2. The number of H-pyrrole nitrogens is 1. The van der Waals surface area contributed by atoms with Gasteiger partial charge in [-0.3, -0.25) is 4.79 Å². The van der Waals surface area contributed by atoms with Gasteiger partial charge in [0, 0.05) is 23.5 Å². The van der Waals surface area contributed by atoms with Crippen LogP contribution >= 0.6 is 0 Å². The van der Waals surface area contributed by atoms with Crippen LogP contribution in [0.2, 0.25) is 0 Å². The van der Waals surface area contributed by atoms with Crippen molar-refractivity contribution in [1.82, 2.24) is 15.6 Å². The molecule has 3 aromatic rings. The standard InChI is InChI=1S/C26H31N3O5/c1-4-17(2)23(29-26(32)34-16-18-10-6-5-7-11-18)24(30)28-22(25(31)33-3)14-19-15-27-21-13-9-8-12-20(19)21/h5-13,15,17,22-23,27H,4,14,16H2,1-3H3,(H,28,30)(H,29,32)/t17-,22-,23+/m0/s1. The lowest BCUT2D eigenvalue weighted by Gasteiger charge is -2.25. The van der Waals surface area contributed by atoms with Gasteiger partial charge in [0.05, 0.1) is 7.11 Å². The van der Waals surface area contributed by atoms with Crippen molar-refractivity contribution in [2.75, 3.05) is 7.11 Å². The van der Waals surface area contributed by atoms with Gasteiger partial charge in [-0.25, -0.2) is 9.59 Å². The maximum Gasteiger partial charge on any atom is 0.408 e. The maximum atomic E-state index is 13.2. The summed E-state index contributed by atoms with van der Waals surface area (Å²) in [6, 6.07) is 15.2. The Balaban J connectivity index is 1.69. The summed E-state index contributed by atoms with van der Waals surface area (Å²) in [5.41, 5.74) is 2.65. The Bertz CT molecular complexity index is 1110. The Hall–Kier alpha value is -3.81. The van der Waals surface area contributed by atoms with Crippen molar-refractivity contribution < 1.29 is 23.9 Å². The first-order valence-electron chi connectivity index (χ1n) is 11.3. The second kappa shape index (κ2) is 11.9. The van der Waals surface area contributed by atoms with Gasteiger partial charge in [0.25, 0.3) is 0 Å². The van der Waals surface area contributed by atoms with Crippen molar-refractivity contribution in [2.24, 2.45) is 5.92 Å². The molecule has 0 bridgehead atoms. The number of aromatic nitrogens is 1. The molecule has 0 radical (unpaired) electrons. The average Bonchev–Trinajstić information content (AvgIpc) is 3.28. The minimum Gasteiger partial charge on any atom is -0.467 e. The summed E-state index contributed by atoms with van der Waals surface area (Å²) in [7, 11) is 1.28. The van der Waals surface area contributed by atoms with E-state index >= 15 is 0 Å². The largest absolute Gasteiger partial charge is 0.467 e. The Labute approximate surface area is 199 Å². The fourth-order valence-corrected chi connectivity index (χ4v) is 3.71. The molecule has 0 fully saturated rings. The zero-order valence-electron chi connectivity index (χ0n) is 19.7. The summed E-state index contributed by atoms with van der Waals surface area (Å²) >= 11 is 0. The fourth-order valence-electron chi connectivity index (χ4n) is 3.71. The third-order valence-electron chi connectivity index (χ3n) is 5.88. The molecule has 2 amide bonds. The number of carbonyl (C=O) groups is 3. The van der Waals surface area contributed by atoms with E-state index in [1.165, 1.54) is 7.11 Å². The first-order valence-corrected chi connectivity index (χ1v) is 11.3. The highest BCUT2D eigenvalue weighted by Crippen LogP contribution is 2.20. The van der Waals surface area contributed by atoms with Crippen molar-refractivity contribution in [3.63, 3.8) is 0 Å². The second-order valence-electron chi connectivity index (χ2n) is 8.22. The van der Waals surface area contributed by atoms with Gasteiger partial charge in [0.2, 0.25) is 5.91 Å². The van der Waals surface area contributed by atoms with Crippen molar-refractivity contribution in [2.45, 2.75) is 45.4 Å². The van der Waals surface area contributed by atoms with Crippen molar-refractivity contribution in [3.8, 4) is 0 Å². The summed E-state index contributed by atoms with van der Waals surface area (Å²) in [6.45, 7) is 3.87. The second-order valence-corrected chi connectivity index (χ2v) is 8.22. The summed E-state index contributed by atoms with van der Waals surface area (Å²) in [5, 5.41) is 6.39. The number of carbonyl (C=O) groups excluding carboxylic acids is 3. The van der Waals surface area contributed by atoms with Crippen LogP contribution < -0.4 is 10.6 Å². The number of aromatic amines is 1. The van der Waals surface area contributed by atoms with Gasteiger partial charge >= 0.3 is 12.1 Å². The molecule has 0 unspecified atom stereocenters. The SMILES string of the molecule is CC[C@H](C)[C@@H](NC(=O)OCc1ccccc1)C(=O)N[C@@H](Cc1c[nH]c2ccccc12)C(=O)OC. The molecule has 2 aromatic carbocycles. The summed E-state index contributed by atoms with van der Waals surface area (Å²) in [6.07, 6.45) is 2.00. The van der Waals surface area contributed by atoms with E-state index in [0.29, 0.717) is 6.42 Å². The number of fused-ring (bicyclic) bond motifs is 1. The lowest BCUT2D eigenvalue weighted by Crippen LogP contribution is -2.54. The topological polar surface area (TPSA) is 110 Å². The number of para-hydroxylation sites is 1. The quantitative estimate of drug-likeness (QED) is 0.396. The van der Waals surface area contributed by atoms with E-state index in [2.05, 4.69) is 15.6 Å². The average molecular weight is 466 g/mol. The Morgan fingerprint density at radius 1 is 1.00 bits per heavy atom. The highest BCUT2D eigenvalue weighted by molar-refractivity contribution is 5.91. The predicted molar refractivity (Wildman–Crippen MR) is 129 cm³/mol. The number of nitrogens with one attached hydrogen (secondary N) is 3. The summed E-state index contributed by atoms with van der Waals surface area (Å²) in [5.74, 6) is -1.22. The van der Waals surface area contributed by atoms with Crippen LogP contribution in [0.4, 0.5) is 4.79 Å². The fraction of sp³-hybridized carbons (Fsp3) is 0.346. The molecule has 1 aromatic heterocycles. The number of hydrogen-bond acceptors (Lipinski definition) is 5. The van der Waals surface area contributed by atoms with E-state index < -0.39 is 30.1 Å². The number of hydrogen-bond donors (Lipinski definition) is 3. The number of rotatable bonds is 10. The molecule has 34 heavy (non-hydrogen) atoms. The van der Waals surface area contributed by atoms with Crippen molar-refractivity contribution >= 4 is 28.9 Å². The molecule has 0 saturated heterocycles. The van der Waals surface area contributed by atoms with Gasteiger partial charge in [-0.2, -0.15) is 0 Å². The molecule has 0 saturated carbocycles. The van der Waals surface area contributed by atoms with Gasteiger partial charge in [0.15, 0.2) is 0 Å². The number of benzene rings is 2. The predicted octanol–water partition coefficient (Wildman–Crippen LogP) is 3.71. The number of esters is 1. The number of amides is 2. The van der Waals surface area contributed by atoms with E-state index in [1.807, 2.05) is 74.6 Å². The number of alkyl carbamates (subject to hydrolysis) is 1. The third-order valence-corrected chi connectivity index (χ3v) is 5.88. The highest BCUT2D eigenvalue weighted by atomic mass is 16.5.